The van der Waals surface area contributed by atoms with Gasteiger partial charge in [0.15, 0.2) is 0 Å². The molecule has 0 aliphatic carbocycles. The Morgan fingerprint density at radius 3 is 0.780 bits per heavy atom. The molecule has 0 saturated carbocycles. The fourth-order valence-corrected chi connectivity index (χ4v) is 5.83. The topological polar surface area (TPSA) is 26.0 Å². The minimum atomic E-state index is 0.871. The van der Waals surface area contributed by atoms with Crippen LogP contribution in [0.5, 0.6) is 0 Å². The Balaban J connectivity index is 0.000000909. The number of rotatable bonds is 30. The van der Waals surface area contributed by atoms with Gasteiger partial charge in [-0.05, 0) is 30.5 Å². The lowest BCUT2D eigenvalue weighted by molar-refractivity contribution is 0.527. The van der Waals surface area contributed by atoms with Crippen molar-refractivity contribution >= 4 is 5.69 Å². The van der Waals surface area contributed by atoms with Crippen molar-refractivity contribution in [3.63, 3.8) is 0 Å². The SMILES string of the molecule is CCCCCCCCCCCCCCC.CCCCCCCCCCCCCCCCCCCc1ccc(N)cc1. The van der Waals surface area contributed by atoms with E-state index in [1.807, 2.05) is 12.1 Å². The van der Waals surface area contributed by atoms with Crippen molar-refractivity contribution in [2.45, 2.75) is 220 Å². The molecule has 242 valence electrons. The van der Waals surface area contributed by atoms with E-state index >= 15 is 0 Å². The molecule has 2 N–H and O–H groups in total. The lowest BCUT2D eigenvalue weighted by Gasteiger charge is -2.04. The minimum Gasteiger partial charge on any atom is -0.399 e. The smallest absolute Gasteiger partial charge is 0.0314 e. The molecular formula is C40H77N. The van der Waals surface area contributed by atoms with Gasteiger partial charge in [0.25, 0.3) is 0 Å². The molecule has 0 saturated heterocycles. The first-order valence-corrected chi connectivity index (χ1v) is 19.1. The molecule has 0 amide bonds. The molecule has 0 heterocycles. The average molecular weight is 572 g/mol. The molecule has 0 aliphatic heterocycles. The van der Waals surface area contributed by atoms with Crippen molar-refractivity contribution < 1.29 is 0 Å². The molecule has 1 heteroatoms. The van der Waals surface area contributed by atoms with Gasteiger partial charge in [-0.3, -0.25) is 0 Å². The molecular weight excluding hydrogens is 494 g/mol. The summed E-state index contributed by atoms with van der Waals surface area (Å²) >= 11 is 0. The number of hydrogen-bond acceptors (Lipinski definition) is 1. The zero-order valence-electron chi connectivity index (χ0n) is 28.8. The van der Waals surface area contributed by atoms with Crippen LogP contribution in [0.1, 0.15) is 219 Å². The monoisotopic (exact) mass is 572 g/mol. The Labute approximate surface area is 260 Å². The zero-order chi connectivity index (χ0) is 29.9. The summed E-state index contributed by atoms with van der Waals surface area (Å²) in [6, 6.07) is 8.37. The fraction of sp³-hybridized carbons (Fsp3) is 0.850. The highest BCUT2D eigenvalue weighted by molar-refractivity contribution is 5.39. The summed E-state index contributed by atoms with van der Waals surface area (Å²) in [7, 11) is 0. The van der Waals surface area contributed by atoms with Crippen molar-refractivity contribution in [3.8, 4) is 0 Å². The maximum Gasteiger partial charge on any atom is 0.0314 e. The van der Waals surface area contributed by atoms with Crippen LogP contribution in [0, 0.1) is 0 Å². The standard InChI is InChI=1S/C25H45N.C15H32/c1-2-3-4-5-6-7-8-9-10-11-12-13-14-15-16-17-18-19-24-20-22-25(26)23-21-24;1-3-5-7-9-11-13-15-14-12-10-8-6-4-2/h20-23H,2-19,26H2,1H3;3-15H2,1-2H3. The van der Waals surface area contributed by atoms with E-state index in [0.29, 0.717) is 0 Å². The summed E-state index contributed by atoms with van der Waals surface area (Å²) in [5.41, 5.74) is 8.02. The minimum absolute atomic E-state index is 0.871. The van der Waals surface area contributed by atoms with Crippen molar-refractivity contribution in [2.75, 3.05) is 5.73 Å². The lowest BCUT2D eigenvalue weighted by Crippen LogP contribution is -1.88. The summed E-state index contributed by atoms with van der Waals surface area (Å²) in [6.45, 7) is 6.87. The largest absolute Gasteiger partial charge is 0.399 e. The van der Waals surface area contributed by atoms with E-state index in [1.54, 1.807) is 0 Å². The number of aryl methyl sites for hydroxylation is 1. The van der Waals surface area contributed by atoms with Crippen molar-refractivity contribution in [1.82, 2.24) is 0 Å². The van der Waals surface area contributed by atoms with E-state index in [2.05, 4.69) is 32.9 Å². The predicted octanol–water partition coefficient (Wildman–Crippen LogP) is 14.6. The molecule has 0 radical (unpaired) electrons. The molecule has 0 aliphatic rings. The van der Waals surface area contributed by atoms with Crippen LogP contribution < -0.4 is 5.73 Å². The number of hydrogen-bond donors (Lipinski definition) is 1. The Hall–Kier alpha value is -0.980. The van der Waals surface area contributed by atoms with E-state index < -0.39 is 0 Å². The van der Waals surface area contributed by atoms with E-state index in [-0.39, 0.29) is 0 Å². The third-order valence-electron chi connectivity index (χ3n) is 8.76. The maximum absolute atomic E-state index is 5.72. The van der Waals surface area contributed by atoms with Crippen LogP contribution in [0.3, 0.4) is 0 Å². The number of anilines is 1. The van der Waals surface area contributed by atoms with Gasteiger partial charge < -0.3 is 5.73 Å². The Morgan fingerprint density at radius 1 is 0.317 bits per heavy atom. The van der Waals surface area contributed by atoms with Gasteiger partial charge in [0.2, 0.25) is 0 Å². The highest BCUT2D eigenvalue weighted by Gasteiger charge is 1.97. The first-order valence-electron chi connectivity index (χ1n) is 19.1. The molecule has 0 unspecified atom stereocenters. The molecule has 1 aromatic rings. The van der Waals surface area contributed by atoms with Crippen LogP contribution in [0.4, 0.5) is 5.69 Å². The van der Waals surface area contributed by atoms with Gasteiger partial charge in [-0.1, -0.05) is 219 Å². The van der Waals surface area contributed by atoms with Crippen molar-refractivity contribution in [3.05, 3.63) is 29.8 Å². The average Bonchev–Trinajstić information content (AvgIpc) is 2.99. The quantitative estimate of drug-likeness (QED) is 0.0721. The highest BCUT2D eigenvalue weighted by Crippen LogP contribution is 2.16. The zero-order valence-corrected chi connectivity index (χ0v) is 28.8. The van der Waals surface area contributed by atoms with E-state index in [1.165, 1.54) is 205 Å². The van der Waals surface area contributed by atoms with Gasteiger partial charge in [0, 0.05) is 5.69 Å². The Bertz CT molecular complexity index is 565. The second kappa shape index (κ2) is 35.2. The van der Waals surface area contributed by atoms with Crippen LogP contribution in [0.25, 0.3) is 0 Å². The number of nitrogen functional groups attached to an aromatic ring is 1. The Kier molecular flexibility index (Phi) is 34.4. The van der Waals surface area contributed by atoms with Gasteiger partial charge in [-0.15, -0.1) is 0 Å². The summed E-state index contributed by atoms with van der Waals surface area (Å²) in [5.74, 6) is 0. The fourth-order valence-electron chi connectivity index (χ4n) is 5.83. The van der Waals surface area contributed by atoms with Crippen LogP contribution in [-0.2, 0) is 6.42 Å². The molecule has 0 spiro atoms. The van der Waals surface area contributed by atoms with E-state index in [0.717, 1.165) is 5.69 Å². The molecule has 0 aromatic heterocycles. The van der Waals surface area contributed by atoms with Gasteiger partial charge in [-0.25, -0.2) is 0 Å². The molecule has 41 heavy (non-hydrogen) atoms. The van der Waals surface area contributed by atoms with Crippen molar-refractivity contribution in [1.29, 1.82) is 0 Å². The lowest BCUT2D eigenvalue weighted by atomic mass is 10.0. The predicted molar refractivity (Wildman–Crippen MR) is 190 cm³/mol. The third kappa shape index (κ3) is 33.4. The molecule has 0 fully saturated rings. The number of unbranched alkanes of at least 4 members (excludes halogenated alkanes) is 28. The molecule has 0 bridgehead atoms. The number of nitrogens with two attached hydrogens (primary N) is 1. The second-order valence-electron chi connectivity index (χ2n) is 13.0. The molecule has 0 atom stereocenters. The molecule has 1 rings (SSSR count). The summed E-state index contributed by atoms with van der Waals surface area (Å²) in [6.07, 6.45) is 44.6. The summed E-state index contributed by atoms with van der Waals surface area (Å²) < 4.78 is 0. The summed E-state index contributed by atoms with van der Waals surface area (Å²) in [4.78, 5) is 0. The molecule has 1 nitrogen and oxygen atoms in total. The first kappa shape index (κ1) is 40.0. The van der Waals surface area contributed by atoms with Crippen molar-refractivity contribution in [2.24, 2.45) is 0 Å². The third-order valence-corrected chi connectivity index (χ3v) is 8.76. The first-order chi connectivity index (χ1) is 20.2. The highest BCUT2D eigenvalue weighted by atomic mass is 14.5. The van der Waals surface area contributed by atoms with Crippen LogP contribution in [0.15, 0.2) is 24.3 Å². The van der Waals surface area contributed by atoms with Crippen LogP contribution in [0.2, 0.25) is 0 Å². The van der Waals surface area contributed by atoms with E-state index in [4.69, 9.17) is 5.73 Å². The van der Waals surface area contributed by atoms with Crippen LogP contribution in [-0.4, -0.2) is 0 Å². The van der Waals surface area contributed by atoms with Gasteiger partial charge in [0.05, 0.1) is 0 Å². The second-order valence-corrected chi connectivity index (χ2v) is 13.0. The van der Waals surface area contributed by atoms with Gasteiger partial charge >= 0.3 is 0 Å². The Morgan fingerprint density at radius 2 is 0.537 bits per heavy atom. The van der Waals surface area contributed by atoms with E-state index in [9.17, 15) is 0 Å². The normalized spacial score (nSPS) is 11.0. The number of benzene rings is 1. The maximum atomic E-state index is 5.72. The van der Waals surface area contributed by atoms with Gasteiger partial charge in [-0.2, -0.15) is 0 Å². The summed E-state index contributed by atoms with van der Waals surface area (Å²) in [5, 5.41) is 0. The van der Waals surface area contributed by atoms with Crippen LogP contribution >= 0.6 is 0 Å². The molecule has 1 aromatic carbocycles. The van der Waals surface area contributed by atoms with Gasteiger partial charge in [0.1, 0.15) is 0 Å².